The largest absolute Gasteiger partial charge is 0.489 e. The van der Waals surface area contributed by atoms with E-state index in [9.17, 15) is 4.79 Å². The van der Waals surface area contributed by atoms with Crippen LogP contribution in [0.1, 0.15) is 59.1 Å². The van der Waals surface area contributed by atoms with Gasteiger partial charge in [-0.2, -0.15) is 0 Å². The van der Waals surface area contributed by atoms with Crippen molar-refractivity contribution in [1.82, 2.24) is 0 Å². The molecule has 1 aromatic heterocycles. The zero-order chi connectivity index (χ0) is 27.4. The molecule has 0 saturated heterocycles. The lowest BCUT2D eigenvalue weighted by Gasteiger charge is -2.33. The molecule has 39 heavy (non-hydrogen) atoms. The number of carbonyl (C=O) groups excluding carboxylic acids is 1. The van der Waals surface area contributed by atoms with E-state index < -0.39 is 0 Å². The molecule has 0 radical (unpaired) electrons. The van der Waals surface area contributed by atoms with Gasteiger partial charge in [0, 0.05) is 21.8 Å². The summed E-state index contributed by atoms with van der Waals surface area (Å²) >= 11 is 7.68. The van der Waals surface area contributed by atoms with E-state index in [1.807, 2.05) is 72.9 Å². The highest BCUT2D eigenvalue weighted by Gasteiger charge is 2.33. The molecule has 1 heterocycles. The average molecular weight is 557 g/mol. The predicted molar refractivity (Wildman–Crippen MR) is 163 cm³/mol. The Morgan fingerprint density at radius 2 is 1.77 bits per heavy atom. The molecule has 0 unspecified atom stereocenters. The van der Waals surface area contributed by atoms with Crippen molar-refractivity contribution in [3.63, 3.8) is 0 Å². The van der Waals surface area contributed by atoms with E-state index in [0.717, 1.165) is 46.7 Å². The Labute approximate surface area is 239 Å². The summed E-state index contributed by atoms with van der Waals surface area (Å²) in [6.07, 6.45) is 4.77. The SMILES string of the molecule is CC(C)(C)[C@@H]1CCc2c(sc(N=Cc3ccc(OCc4ccccc4)cc3)c2C(=O)Nc2ccc(Cl)cc2)C1. The molecule has 1 aliphatic carbocycles. The number of halogens is 1. The second-order valence-electron chi connectivity index (χ2n) is 11.1. The molecule has 0 bridgehead atoms. The van der Waals surface area contributed by atoms with Crippen LogP contribution in [0.4, 0.5) is 10.7 Å². The lowest BCUT2D eigenvalue weighted by Crippen LogP contribution is -2.27. The Morgan fingerprint density at radius 3 is 2.46 bits per heavy atom. The lowest BCUT2D eigenvalue weighted by molar-refractivity contribution is 0.102. The van der Waals surface area contributed by atoms with Gasteiger partial charge in [0.2, 0.25) is 0 Å². The van der Waals surface area contributed by atoms with Crippen LogP contribution < -0.4 is 10.1 Å². The molecule has 1 atom stereocenters. The zero-order valence-electron chi connectivity index (χ0n) is 22.5. The Morgan fingerprint density at radius 1 is 1.05 bits per heavy atom. The van der Waals surface area contributed by atoms with Crippen LogP contribution in [-0.4, -0.2) is 12.1 Å². The number of thiophene rings is 1. The second-order valence-corrected chi connectivity index (χ2v) is 12.6. The molecule has 3 aromatic carbocycles. The summed E-state index contributed by atoms with van der Waals surface area (Å²) in [5.41, 5.74) is 4.85. The Hall–Kier alpha value is -3.41. The van der Waals surface area contributed by atoms with Crippen LogP contribution in [0.5, 0.6) is 5.75 Å². The molecule has 0 saturated carbocycles. The van der Waals surface area contributed by atoms with Crippen molar-refractivity contribution in [2.24, 2.45) is 16.3 Å². The summed E-state index contributed by atoms with van der Waals surface area (Å²) in [5.74, 6) is 1.26. The van der Waals surface area contributed by atoms with Crippen LogP contribution >= 0.6 is 22.9 Å². The summed E-state index contributed by atoms with van der Waals surface area (Å²) in [7, 11) is 0. The molecule has 6 heteroatoms. The number of ether oxygens (including phenoxy) is 1. The first-order chi connectivity index (χ1) is 18.8. The van der Waals surface area contributed by atoms with Gasteiger partial charge in [-0.3, -0.25) is 4.79 Å². The van der Waals surface area contributed by atoms with Crippen LogP contribution in [-0.2, 0) is 19.4 Å². The van der Waals surface area contributed by atoms with Crippen molar-refractivity contribution in [3.8, 4) is 5.75 Å². The fourth-order valence-corrected chi connectivity index (χ4v) is 6.28. The molecule has 200 valence electrons. The van der Waals surface area contributed by atoms with Gasteiger partial charge in [0.15, 0.2) is 0 Å². The van der Waals surface area contributed by atoms with Gasteiger partial charge in [0.25, 0.3) is 5.91 Å². The summed E-state index contributed by atoms with van der Waals surface area (Å²) in [5, 5.41) is 4.45. The second kappa shape index (κ2) is 11.8. The molecule has 0 aliphatic heterocycles. The lowest BCUT2D eigenvalue weighted by atomic mass is 9.72. The molecule has 1 aliphatic rings. The minimum absolute atomic E-state index is 0.124. The van der Waals surface area contributed by atoms with E-state index in [1.165, 1.54) is 4.88 Å². The number of benzene rings is 3. The average Bonchev–Trinajstić information content (AvgIpc) is 3.30. The molecule has 4 aromatic rings. The smallest absolute Gasteiger partial charge is 0.259 e. The van der Waals surface area contributed by atoms with Crippen LogP contribution in [0.2, 0.25) is 5.02 Å². The van der Waals surface area contributed by atoms with E-state index in [2.05, 4.69) is 26.1 Å². The standard InChI is InChI=1S/C33H33ClN2O2S/c1-33(2,3)24-11-18-28-29(19-24)39-32(30(28)31(37)36-26-14-12-25(34)13-15-26)35-20-22-9-16-27(17-10-22)38-21-23-7-5-4-6-8-23/h4-10,12-17,20,24H,11,18-19,21H2,1-3H3,(H,36,37)/t24-/m1/s1. The minimum atomic E-state index is -0.124. The van der Waals surface area contributed by atoms with Gasteiger partial charge in [-0.1, -0.05) is 62.7 Å². The first-order valence-electron chi connectivity index (χ1n) is 13.3. The fourth-order valence-electron chi connectivity index (χ4n) is 4.89. The third-order valence-electron chi connectivity index (χ3n) is 7.26. The molecule has 1 N–H and O–H groups in total. The minimum Gasteiger partial charge on any atom is -0.489 e. The highest BCUT2D eigenvalue weighted by Crippen LogP contribution is 2.45. The quantitative estimate of drug-likeness (QED) is 0.231. The van der Waals surface area contributed by atoms with Crippen LogP contribution in [0.3, 0.4) is 0 Å². The van der Waals surface area contributed by atoms with E-state index in [1.54, 1.807) is 23.5 Å². The van der Waals surface area contributed by atoms with Crippen molar-refractivity contribution in [1.29, 1.82) is 0 Å². The Bertz CT molecular complexity index is 1450. The van der Waals surface area contributed by atoms with Gasteiger partial charge < -0.3 is 10.1 Å². The molecular weight excluding hydrogens is 524 g/mol. The van der Waals surface area contributed by atoms with Gasteiger partial charge in [-0.25, -0.2) is 4.99 Å². The Kier molecular flexibility index (Phi) is 8.20. The zero-order valence-corrected chi connectivity index (χ0v) is 24.1. The van der Waals surface area contributed by atoms with Crippen molar-refractivity contribution < 1.29 is 9.53 Å². The van der Waals surface area contributed by atoms with Gasteiger partial charge in [0.1, 0.15) is 17.4 Å². The molecular formula is C33H33ClN2O2S. The predicted octanol–water partition coefficient (Wildman–Crippen LogP) is 9.13. The third-order valence-corrected chi connectivity index (χ3v) is 8.67. The van der Waals surface area contributed by atoms with E-state index in [0.29, 0.717) is 28.8 Å². The molecule has 4 nitrogen and oxygen atoms in total. The summed E-state index contributed by atoms with van der Waals surface area (Å²) < 4.78 is 5.91. The molecule has 5 rings (SSSR count). The summed E-state index contributed by atoms with van der Waals surface area (Å²) in [4.78, 5) is 19.7. The molecule has 0 spiro atoms. The highest BCUT2D eigenvalue weighted by molar-refractivity contribution is 7.16. The Balaban J connectivity index is 1.37. The maximum absolute atomic E-state index is 13.5. The fraction of sp³-hybridized carbons (Fsp3) is 0.273. The topological polar surface area (TPSA) is 50.7 Å². The number of anilines is 1. The van der Waals surface area contributed by atoms with E-state index in [4.69, 9.17) is 21.3 Å². The number of nitrogens with zero attached hydrogens (tertiary/aromatic N) is 1. The summed E-state index contributed by atoms with van der Waals surface area (Å²) in [6, 6.07) is 25.2. The number of amides is 1. The normalized spacial score (nSPS) is 15.2. The highest BCUT2D eigenvalue weighted by atomic mass is 35.5. The first kappa shape index (κ1) is 27.2. The number of hydrogen-bond acceptors (Lipinski definition) is 4. The van der Waals surface area contributed by atoms with Crippen molar-refractivity contribution in [2.45, 2.75) is 46.6 Å². The van der Waals surface area contributed by atoms with Gasteiger partial charge >= 0.3 is 0 Å². The number of hydrogen-bond donors (Lipinski definition) is 1. The number of rotatable bonds is 7. The van der Waals surface area contributed by atoms with Crippen LogP contribution in [0.25, 0.3) is 0 Å². The van der Waals surface area contributed by atoms with Gasteiger partial charge in [0.05, 0.1) is 5.56 Å². The monoisotopic (exact) mass is 556 g/mol. The van der Waals surface area contributed by atoms with Crippen LogP contribution in [0, 0.1) is 11.3 Å². The number of nitrogens with one attached hydrogen (secondary N) is 1. The molecule has 1 amide bonds. The number of carbonyl (C=O) groups is 1. The van der Waals surface area contributed by atoms with Gasteiger partial charge in [-0.15, -0.1) is 11.3 Å². The summed E-state index contributed by atoms with van der Waals surface area (Å²) in [6.45, 7) is 7.43. The maximum atomic E-state index is 13.5. The van der Waals surface area contributed by atoms with Crippen LogP contribution in [0.15, 0.2) is 83.9 Å². The molecule has 0 fully saturated rings. The maximum Gasteiger partial charge on any atom is 0.259 e. The van der Waals surface area contributed by atoms with Crippen molar-refractivity contribution >= 4 is 45.7 Å². The number of aliphatic imine (C=N–C) groups is 1. The van der Waals surface area contributed by atoms with Crippen molar-refractivity contribution in [2.75, 3.05) is 5.32 Å². The van der Waals surface area contributed by atoms with Gasteiger partial charge in [-0.05, 0) is 95.8 Å². The number of fused-ring (bicyclic) bond motifs is 1. The first-order valence-corrected chi connectivity index (χ1v) is 14.5. The third kappa shape index (κ3) is 6.78. The van der Waals surface area contributed by atoms with E-state index >= 15 is 0 Å². The van der Waals surface area contributed by atoms with Crippen molar-refractivity contribution in [3.05, 3.63) is 111 Å². The van der Waals surface area contributed by atoms with E-state index in [-0.39, 0.29) is 11.3 Å².